The number of hydrogen-bond donors (Lipinski definition) is 0. The summed E-state index contributed by atoms with van der Waals surface area (Å²) in [6.07, 6.45) is 3.64. The van der Waals surface area contributed by atoms with E-state index in [1.807, 2.05) is 39.8 Å². The maximum Gasteiger partial charge on any atom is 0.135 e. The zero-order chi connectivity index (χ0) is 22.1. The summed E-state index contributed by atoms with van der Waals surface area (Å²) in [6, 6.07) is 15.0. The van der Waals surface area contributed by atoms with E-state index in [-0.39, 0.29) is 0 Å². The summed E-state index contributed by atoms with van der Waals surface area (Å²) in [6.45, 7) is 19.2. The highest BCUT2D eigenvalue weighted by atomic mass is 32.2. The van der Waals surface area contributed by atoms with Crippen LogP contribution in [0, 0.1) is 6.92 Å². The van der Waals surface area contributed by atoms with Crippen LogP contribution in [0.4, 0.5) is 0 Å². The number of fused-ring (bicyclic) bond motifs is 1. The average Bonchev–Trinajstić information content (AvgIpc) is 2.78. The van der Waals surface area contributed by atoms with E-state index in [9.17, 15) is 0 Å². The van der Waals surface area contributed by atoms with Crippen LogP contribution in [-0.4, -0.2) is 13.2 Å². The van der Waals surface area contributed by atoms with Crippen LogP contribution in [0.1, 0.15) is 44.4 Å². The molecule has 0 unspecified atom stereocenters. The summed E-state index contributed by atoms with van der Waals surface area (Å²) in [5, 5.41) is 2.06. The molecule has 0 aromatic heterocycles. The fourth-order valence-electron chi connectivity index (χ4n) is 3.25. The second-order valence-corrected chi connectivity index (χ2v) is 7.53. The van der Waals surface area contributed by atoms with Crippen LogP contribution in [0.15, 0.2) is 65.4 Å². The molecule has 3 heteroatoms. The minimum absolute atomic E-state index is 0.579. The molecule has 0 atom stereocenters. The molecule has 158 valence electrons. The monoisotopic (exact) mass is 420 g/mol. The van der Waals surface area contributed by atoms with E-state index < -0.39 is 0 Å². The standard InChI is InChI=1S/C25H26O2S.C2H6/c1-6-20-21(7-2)25(27-9-4)23-16-19(14-15-22(23)24(20)26-8-3)28-18-12-10-17(5)11-13-18;1-2/h6-7,10-16H,1-2,8-9H2,3-5H3;1-2H3. The fraction of sp³-hybridized carbons (Fsp3) is 0.259. The van der Waals surface area contributed by atoms with Gasteiger partial charge in [0.1, 0.15) is 11.5 Å². The Morgan fingerprint density at radius 3 is 1.77 bits per heavy atom. The third-order valence-corrected chi connectivity index (χ3v) is 5.50. The van der Waals surface area contributed by atoms with Gasteiger partial charge in [-0.25, -0.2) is 0 Å². The molecule has 3 rings (SSSR count). The van der Waals surface area contributed by atoms with Gasteiger partial charge in [-0.1, -0.05) is 68.6 Å². The second kappa shape index (κ2) is 11.5. The Kier molecular flexibility index (Phi) is 9.07. The third kappa shape index (κ3) is 5.09. The van der Waals surface area contributed by atoms with Crippen molar-refractivity contribution in [1.29, 1.82) is 0 Å². The van der Waals surface area contributed by atoms with Gasteiger partial charge in [0.15, 0.2) is 0 Å². The molecule has 30 heavy (non-hydrogen) atoms. The highest BCUT2D eigenvalue weighted by molar-refractivity contribution is 7.99. The van der Waals surface area contributed by atoms with Gasteiger partial charge in [0.25, 0.3) is 0 Å². The molecule has 0 amide bonds. The largest absolute Gasteiger partial charge is 0.493 e. The minimum atomic E-state index is 0.579. The van der Waals surface area contributed by atoms with E-state index in [1.54, 1.807) is 11.8 Å². The second-order valence-electron chi connectivity index (χ2n) is 6.38. The average molecular weight is 421 g/mol. The fourth-order valence-corrected chi connectivity index (χ4v) is 4.11. The lowest BCUT2D eigenvalue weighted by atomic mass is 9.97. The van der Waals surface area contributed by atoms with Crippen molar-refractivity contribution in [3.8, 4) is 11.5 Å². The quantitative estimate of drug-likeness (QED) is 0.364. The van der Waals surface area contributed by atoms with E-state index >= 15 is 0 Å². The van der Waals surface area contributed by atoms with Crippen molar-refractivity contribution in [3.05, 3.63) is 72.3 Å². The zero-order valence-corrected chi connectivity index (χ0v) is 19.6. The van der Waals surface area contributed by atoms with Crippen LogP contribution in [-0.2, 0) is 0 Å². The Labute approximate surface area is 185 Å². The molecule has 2 nitrogen and oxygen atoms in total. The molecule has 0 bridgehead atoms. The van der Waals surface area contributed by atoms with Gasteiger partial charge in [0.2, 0.25) is 0 Å². The molecule has 0 aliphatic rings. The molecular weight excluding hydrogens is 388 g/mol. The van der Waals surface area contributed by atoms with Crippen LogP contribution < -0.4 is 9.47 Å². The van der Waals surface area contributed by atoms with E-state index in [2.05, 4.69) is 62.5 Å². The molecular formula is C27H32O2S. The molecule has 3 aromatic rings. The Morgan fingerprint density at radius 2 is 1.27 bits per heavy atom. The molecule has 0 spiro atoms. The Hall–Kier alpha value is -2.65. The van der Waals surface area contributed by atoms with Crippen molar-refractivity contribution in [2.75, 3.05) is 13.2 Å². The summed E-state index contributed by atoms with van der Waals surface area (Å²) in [5.74, 6) is 1.66. The van der Waals surface area contributed by atoms with Crippen LogP contribution in [0.2, 0.25) is 0 Å². The smallest absolute Gasteiger partial charge is 0.135 e. The van der Waals surface area contributed by atoms with Gasteiger partial charge in [0, 0.05) is 31.7 Å². The minimum Gasteiger partial charge on any atom is -0.493 e. The SMILES string of the molecule is C=Cc1c(C=C)c(OCC)c2cc(Sc3ccc(C)cc3)ccc2c1OCC.CC. The number of hydrogen-bond acceptors (Lipinski definition) is 3. The van der Waals surface area contributed by atoms with Gasteiger partial charge in [0.05, 0.1) is 13.2 Å². The van der Waals surface area contributed by atoms with Crippen molar-refractivity contribution < 1.29 is 9.47 Å². The lowest BCUT2D eigenvalue weighted by molar-refractivity contribution is 0.335. The van der Waals surface area contributed by atoms with E-state index in [4.69, 9.17) is 9.47 Å². The molecule has 0 saturated heterocycles. The van der Waals surface area contributed by atoms with Crippen molar-refractivity contribution in [3.63, 3.8) is 0 Å². The normalized spacial score (nSPS) is 10.2. The number of rotatable bonds is 8. The van der Waals surface area contributed by atoms with Crippen molar-refractivity contribution in [2.24, 2.45) is 0 Å². The predicted molar refractivity (Wildman–Crippen MR) is 133 cm³/mol. The van der Waals surface area contributed by atoms with Gasteiger partial charge in [-0.3, -0.25) is 0 Å². The molecule has 0 aliphatic carbocycles. The van der Waals surface area contributed by atoms with Gasteiger partial charge in [-0.05, 0) is 51.1 Å². The lowest BCUT2D eigenvalue weighted by Crippen LogP contribution is -2.02. The molecule has 0 saturated carbocycles. The molecule has 0 fully saturated rings. The maximum absolute atomic E-state index is 6.05. The van der Waals surface area contributed by atoms with Gasteiger partial charge < -0.3 is 9.47 Å². The van der Waals surface area contributed by atoms with Crippen LogP contribution in [0.5, 0.6) is 11.5 Å². The number of benzene rings is 3. The Morgan fingerprint density at radius 1 is 0.767 bits per heavy atom. The zero-order valence-electron chi connectivity index (χ0n) is 18.7. The van der Waals surface area contributed by atoms with Gasteiger partial charge in [-0.15, -0.1) is 0 Å². The lowest BCUT2D eigenvalue weighted by Gasteiger charge is -2.19. The molecule has 0 heterocycles. The first-order valence-corrected chi connectivity index (χ1v) is 11.3. The van der Waals surface area contributed by atoms with Gasteiger partial charge >= 0.3 is 0 Å². The Bertz CT molecular complexity index is 1000. The summed E-state index contributed by atoms with van der Waals surface area (Å²) in [7, 11) is 0. The summed E-state index contributed by atoms with van der Waals surface area (Å²) < 4.78 is 12.1. The van der Waals surface area contributed by atoms with Crippen molar-refractivity contribution in [1.82, 2.24) is 0 Å². The third-order valence-electron chi connectivity index (χ3n) is 4.50. The summed E-state index contributed by atoms with van der Waals surface area (Å²) in [4.78, 5) is 2.36. The summed E-state index contributed by atoms with van der Waals surface area (Å²) >= 11 is 1.74. The first-order chi connectivity index (χ1) is 14.6. The van der Waals surface area contributed by atoms with E-state index in [1.165, 1.54) is 10.5 Å². The molecule has 0 aliphatic heterocycles. The van der Waals surface area contributed by atoms with Crippen LogP contribution in [0.3, 0.4) is 0 Å². The van der Waals surface area contributed by atoms with Crippen LogP contribution in [0.25, 0.3) is 22.9 Å². The number of aryl methyl sites for hydroxylation is 1. The highest BCUT2D eigenvalue weighted by Crippen LogP contribution is 2.44. The predicted octanol–water partition coefficient (Wildman–Crippen LogP) is 8.41. The van der Waals surface area contributed by atoms with Crippen molar-refractivity contribution in [2.45, 2.75) is 44.4 Å². The molecule has 0 N–H and O–H groups in total. The first kappa shape index (κ1) is 23.6. The van der Waals surface area contributed by atoms with E-state index in [0.29, 0.717) is 13.2 Å². The van der Waals surface area contributed by atoms with E-state index in [0.717, 1.165) is 38.3 Å². The van der Waals surface area contributed by atoms with Crippen molar-refractivity contribution >= 4 is 34.7 Å². The summed E-state index contributed by atoms with van der Waals surface area (Å²) in [5.41, 5.74) is 3.10. The molecule has 3 aromatic carbocycles. The topological polar surface area (TPSA) is 18.5 Å². The highest BCUT2D eigenvalue weighted by Gasteiger charge is 2.19. The molecule has 0 radical (unpaired) electrons. The van der Waals surface area contributed by atoms with Crippen LogP contribution >= 0.6 is 11.8 Å². The number of ether oxygens (including phenoxy) is 2. The maximum atomic E-state index is 6.05. The first-order valence-electron chi connectivity index (χ1n) is 10.5. The van der Waals surface area contributed by atoms with Gasteiger partial charge in [-0.2, -0.15) is 0 Å². The Balaban J connectivity index is 0.00000155.